The van der Waals surface area contributed by atoms with Gasteiger partial charge in [0.1, 0.15) is 0 Å². The highest BCUT2D eigenvalue weighted by Gasteiger charge is 2.25. The van der Waals surface area contributed by atoms with E-state index in [1.54, 1.807) is 0 Å². The van der Waals surface area contributed by atoms with E-state index in [1.807, 2.05) is 44.9 Å². The monoisotopic (exact) mass is 288 g/mol. The fourth-order valence-electron chi connectivity index (χ4n) is 2.73. The summed E-state index contributed by atoms with van der Waals surface area (Å²) in [7, 11) is 2.05. The van der Waals surface area contributed by atoms with Gasteiger partial charge in [0.15, 0.2) is 0 Å². The van der Waals surface area contributed by atoms with Crippen molar-refractivity contribution in [3.05, 3.63) is 35.5 Å². The van der Waals surface area contributed by atoms with Crippen molar-refractivity contribution >= 4 is 16.9 Å². The van der Waals surface area contributed by atoms with Gasteiger partial charge in [0.05, 0.1) is 6.54 Å². The first-order valence-corrected chi connectivity index (χ1v) is 7.21. The van der Waals surface area contributed by atoms with Gasteiger partial charge in [0.2, 0.25) is 0 Å². The van der Waals surface area contributed by atoms with Gasteiger partial charge in [-0.15, -0.1) is 0 Å². The molecule has 0 saturated carbocycles. The molecule has 114 valence electrons. The topological polar surface area (TPSA) is 45.5 Å². The molecule has 0 fully saturated rings. The molecule has 0 aliphatic carbocycles. The molecule has 1 heterocycles. The maximum absolute atomic E-state index is 11.1. The van der Waals surface area contributed by atoms with Crippen LogP contribution in [0.4, 0.5) is 0 Å². The van der Waals surface area contributed by atoms with Crippen LogP contribution in [0.15, 0.2) is 24.3 Å². The lowest BCUT2D eigenvalue weighted by Crippen LogP contribution is -2.44. The van der Waals surface area contributed by atoms with E-state index in [4.69, 9.17) is 5.11 Å². The van der Waals surface area contributed by atoms with Gasteiger partial charge in [-0.25, -0.2) is 0 Å². The molecule has 0 atom stereocenters. The third-order valence-corrected chi connectivity index (χ3v) is 4.12. The summed E-state index contributed by atoms with van der Waals surface area (Å²) in [5, 5.41) is 10.4. The number of aryl methyl sites for hydroxylation is 2. The Kier molecular flexibility index (Phi) is 4.10. The summed E-state index contributed by atoms with van der Waals surface area (Å²) in [5.74, 6) is -0.790. The number of carbonyl (C=O) groups is 1. The number of hydrogen-bond acceptors (Lipinski definition) is 2. The highest BCUT2D eigenvalue weighted by atomic mass is 16.4. The Bertz CT molecular complexity index is 626. The molecule has 0 aliphatic rings. The number of carboxylic acids is 1. The van der Waals surface area contributed by atoms with Gasteiger partial charge < -0.3 is 9.67 Å². The molecule has 4 heteroatoms. The Balaban J connectivity index is 2.44. The Morgan fingerprint density at radius 2 is 1.90 bits per heavy atom. The Morgan fingerprint density at radius 1 is 1.29 bits per heavy atom. The second-order valence-electron chi connectivity index (χ2n) is 6.57. The molecule has 0 aliphatic heterocycles. The molecule has 0 bridgehead atoms. The number of nitrogens with zero attached hydrogens (tertiary/aromatic N) is 2. The summed E-state index contributed by atoms with van der Waals surface area (Å²) in [6, 6.07) is 8.29. The summed E-state index contributed by atoms with van der Waals surface area (Å²) < 4.78 is 2.17. The highest BCUT2D eigenvalue weighted by Crippen LogP contribution is 2.27. The zero-order chi connectivity index (χ0) is 15.8. The SMILES string of the molecule is Cc1c(CN(CC(=O)O)C(C)(C)C)n(C)c2ccccc12. The first-order chi connectivity index (χ1) is 9.71. The van der Waals surface area contributed by atoms with Crippen LogP contribution in [0, 0.1) is 6.92 Å². The Morgan fingerprint density at radius 3 is 2.43 bits per heavy atom. The van der Waals surface area contributed by atoms with Gasteiger partial charge >= 0.3 is 5.97 Å². The minimum absolute atomic E-state index is 0.0461. The zero-order valence-corrected chi connectivity index (χ0v) is 13.5. The number of para-hydroxylation sites is 1. The fraction of sp³-hybridized carbons (Fsp3) is 0.471. The van der Waals surface area contributed by atoms with Crippen LogP contribution >= 0.6 is 0 Å². The van der Waals surface area contributed by atoms with E-state index in [1.165, 1.54) is 22.2 Å². The Labute approximate surface area is 126 Å². The van der Waals surface area contributed by atoms with Gasteiger partial charge in [0.25, 0.3) is 0 Å². The molecular weight excluding hydrogens is 264 g/mol. The number of carboxylic acid groups (broad SMARTS) is 1. The fourth-order valence-corrected chi connectivity index (χ4v) is 2.73. The van der Waals surface area contributed by atoms with Crippen molar-refractivity contribution in [1.82, 2.24) is 9.47 Å². The van der Waals surface area contributed by atoms with E-state index in [9.17, 15) is 4.79 Å². The van der Waals surface area contributed by atoms with E-state index in [2.05, 4.69) is 23.6 Å². The lowest BCUT2D eigenvalue weighted by Gasteiger charge is -2.34. The van der Waals surface area contributed by atoms with E-state index in [-0.39, 0.29) is 12.1 Å². The lowest BCUT2D eigenvalue weighted by atomic mass is 10.0. The predicted octanol–water partition coefficient (Wildman–Crippen LogP) is 3.17. The van der Waals surface area contributed by atoms with Crippen LogP contribution in [0.1, 0.15) is 32.0 Å². The molecule has 4 nitrogen and oxygen atoms in total. The first kappa shape index (κ1) is 15.6. The maximum Gasteiger partial charge on any atom is 0.317 e. The van der Waals surface area contributed by atoms with Crippen LogP contribution < -0.4 is 0 Å². The second-order valence-corrected chi connectivity index (χ2v) is 6.57. The van der Waals surface area contributed by atoms with Crippen molar-refractivity contribution in [3.8, 4) is 0 Å². The third kappa shape index (κ3) is 3.10. The quantitative estimate of drug-likeness (QED) is 0.940. The van der Waals surface area contributed by atoms with E-state index in [0.29, 0.717) is 6.54 Å². The molecule has 0 amide bonds. The van der Waals surface area contributed by atoms with Gasteiger partial charge in [0, 0.05) is 35.7 Å². The standard InChI is InChI=1S/C17H24N2O2/c1-12-13-8-6-7-9-14(13)18(5)15(12)10-19(11-16(20)21)17(2,3)4/h6-9H,10-11H2,1-5H3,(H,20,21). The summed E-state index contributed by atoms with van der Waals surface area (Å²) in [6.45, 7) is 8.94. The molecule has 1 N–H and O–H groups in total. The van der Waals surface area contributed by atoms with E-state index < -0.39 is 5.97 Å². The molecule has 1 aromatic heterocycles. The molecule has 21 heavy (non-hydrogen) atoms. The second kappa shape index (κ2) is 5.53. The average Bonchev–Trinajstić information content (AvgIpc) is 2.62. The van der Waals surface area contributed by atoms with Crippen molar-refractivity contribution < 1.29 is 9.90 Å². The molecule has 1 aromatic carbocycles. The molecule has 0 saturated heterocycles. The highest BCUT2D eigenvalue weighted by molar-refractivity contribution is 5.85. The van der Waals surface area contributed by atoms with Crippen molar-refractivity contribution in [2.75, 3.05) is 6.54 Å². The number of hydrogen-bond donors (Lipinski definition) is 1. The van der Waals surface area contributed by atoms with Crippen molar-refractivity contribution in [2.45, 2.75) is 39.8 Å². The molecule has 2 rings (SSSR count). The minimum atomic E-state index is -0.790. The number of aromatic nitrogens is 1. The first-order valence-electron chi connectivity index (χ1n) is 7.21. The van der Waals surface area contributed by atoms with Gasteiger partial charge in [-0.3, -0.25) is 9.69 Å². The minimum Gasteiger partial charge on any atom is -0.480 e. The number of fused-ring (bicyclic) bond motifs is 1. The molecule has 0 radical (unpaired) electrons. The van der Waals surface area contributed by atoms with E-state index >= 15 is 0 Å². The van der Waals surface area contributed by atoms with Gasteiger partial charge in [-0.05, 0) is 39.3 Å². The van der Waals surface area contributed by atoms with Crippen LogP contribution in [0.5, 0.6) is 0 Å². The summed E-state index contributed by atoms with van der Waals surface area (Å²) in [4.78, 5) is 13.1. The van der Waals surface area contributed by atoms with Gasteiger partial charge in [-0.1, -0.05) is 18.2 Å². The van der Waals surface area contributed by atoms with E-state index in [0.717, 1.165) is 0 Å². The van der Waals surface area contributed by atoms with Crippen molar-refractivity contribution in [2.24, 2.45) is 7.05 Å². The average molecular weight is 288 g/mol. The molecular formula is C17H24N2O2. The number of rotatable bonds is 4. The molecule has 2 aromatic rings. The summed E-state index contributed by atoms with van der Waals surface area (Å²) >= 11 is 0. The van der Waals surface area contributed by atoms with Crippen LogP contribution in [-0.2, 0) is 18.4 Å². The van der Waals surface area contributed by atoms with Crippen LogP contribution in [0.2, 0.25) is 0 Å². The third-order valence-electron chi connectivity index (χ3n) is 4.12. The Hall–Kier alpha value is -1.81. The number of benzene rings is 1. The van der Waals surface area contributed by atoms with Crippen LogP contribution in [-0.4, -0.2) is 32.6 Å². The molecule has 0 spiro atoms. The van der Waals surface area contributed by atoms with Crippen molar-refractivity contribution in [1.29, 1.82) is 0 Å². The maximum atomic E-state index is 11.1. The largest absolute Gasteiger partial charge is 0.480 e. The smallest absolute Gasteiger partial charge is 0.317 e. The normalized spacial score (nSPS) is 12.3. The van der Waals surface area contributed by atoms with Crippen LogP contribution in [0.25, 0.3) is 10.9 Å². The zero-order valence-electron chi connectivity index (χ0n) is 13.5. The van der Waals surface area contributed by atoms with Crippen LogP contribution in [0.3, 0.4) is 0 Å². The van der Waals surface area contributed by atoms with Gasteiger partial charge in [-0.2, -0.15) is 0 Å². The van der Waals surface area contributed by atoms with Crippen molar-refractivity contribution in [3.63, 3.8) is 0 Å². The molecule has 0 unspecified atom stereocenters. The lowest BCUT2D eigenvalue weighted by molar-refractivity contribution is -0.140. The summed E-state index contributed by atoms with van der Waals surface area (Å²) in [6.07, 6.45) is 0. The predicted molar refractivity (Wildman–Crippen MR) is 85.5 cm³/mol. The number of aliphatic carboxylic acids is 1. The summed E-state index contributed by atoms with van der Waals surface area (Å²) in [5.41, 5.74) is 3.40.